The van der Waals surface area contributed by atoms with Crippen molar-refractivity contribution in [3.63, 3.8) is 0 Å². The first-order chi connectivity index (χ1) is 16.5. The first-order valence-corrected chi connectivity index (χ1v) is 11.6. The summed E-state index contributed by atoms with van der Waals surface area (Å²) in [6, 6.07) is 10.6. The van der Waals surface area contributed by atoms with Crippen LogP contribution in [0.1, 0.15) is 32.9 Å². The van der Waals surface area contributed by atoms with E-state index in [9.17, 15) is 24.3 Å². The van der Waals surface area contributed by atoms with Crippen LogP contribution in [-0.4, -0.2) is 33.5 Å². The number of amides is 4. The highest BCUT2D eigenvalue weighted by atomic mass is 79.9. The maximum atomic E-state index is 13.3. The average Bonchev–Trinajstić information content (AvgIpc) is 3.05. The number of rotatable bonds is 4. The van der Waals surface area contributed by atoms with Crippen LogP contribution in [-0.2, 0) is 9.59 Å². The van der Waals surface area contributed by atoms with Crippen molar-refractivity contribution in [3.8, 4) is 5.69 Å². The molecular formula is C25H19BrClN3O5. The van der Waals surface area contributed by atoms with Gasteiger partial charge in [-0.3, -0.25) is 14.9 Å². The van der Waals surface area contributed by atoms with Crippen molar-refractivity contribution in [1.29, 1.82) is 0 Å². The third-order valence-electron chi connectivity index (χ3n) is 5.71. The fraction of sp³-hybridized carbons (Fsp3) is 0.120. The normalized spacial score (nSPS) is 15.1. The van der Waals surface area contributed by atoms with Crippen molar-refractivity contribution >= 4 is 63.1 Å². The second kappa shape index (κ2) is 9.16. The Morgan fingerprint density at radius 1 is 1.06 bits per heavy atom. The van der Waals surface area contributed by atoms with Crippen molar-refractivity contribution in [3.05, 3.63) is 85.6 Å². The smallest absolute Gasteiger partial charge is 0.337 e. The summed E-state index contributed by atoms with van der Waals surface area (Å²) in [6.45, 7) is 5.39. The Morgan fingerprint density at radius 3 is 2.40 bits per heavy atom. The number of carbonyl (C=O) groups is 4. The fourth-order valence-electron chi connectivity index (χ4n) is 4.05. The molecule has 1 aromatic heterocycles. The molecule has 4 amide bonds. The molecule has 1 aliphatic rings. The number of benzene rings is 2. The van der Waals surface area contributed by atoms with Gasteiger partial charge in [0.2, 0.25) is 0 Å². The second-order valence-corrected chi connectivity index (χ2v) is 9.34. The van der Waals surface area contributed by atoms with Crippen LogP contribution in [0.5, 0.6) is 0 Å². The van der Waals surface area contributed by atoms with Crippen LogP contribution in [0.4, 0.5) is 10.5 Å². The molecule has 8 nitrogen and oxygen atoms in total. The number of nitrogens with zero attached hydrogens (tertiary/aromatic N) is 2. The van der Waals surface area contributed by atoms with Crippen LogP contribution in [0.25, 0.3) is 11.8 Å². The minimum absolute atomic E-state index is 0.0160. The number of halogens is 2. The Balaban J connectivity index is 1.77. The zero-order chi connectivity index (χ0) is 25.6. The molecule has 35 heavy (non-hydrogen) atoms. The molecule has 178 valence electrons. The Morgan fingerprint density at radius 2 is 1.77 bits per heavy atom. The third kappa shape index (κ3) is 4.40. The number of carboxylic acids is 1. The van der Waals surface area contributed by atoms with Crippen LogP contribution >= 0.6 is 27.5 Å². The van der Waals surface area contributed by atoms with Gasteiger partial charge in [0.05, 0.1) is 16.3 Å². The van der Waals surface area contributed by atoms with E-state index in [1.54, 1.807) is 44.2 Å². The van der Waals surface area contributed by atoms with E-state index < -0.39 is 23.8 Å². The molecule has 4 rings (SSSR count). The monoisotopic (exact) mass is 555 g/mol. The Hall–Kier alpha value is -3.69. The number of anilines is 1. The van der Waals surface area contributed by atoms with Crippen molar-refractivity contribution < 1.29 is 24.3 Å². The van der Waals surface area contributed by atoms with E-state index in [2.05, 4.69) is 21.2 Å². The molecule has 1 aliphatic heterocycles. The van der Waals surface area contributed by atoms with Gasteiger partial charge in [0.25, 0.3) is 11.8 Å². The van der Waals surface area contributed by atoms with Gasteiger partial charge >= 0.3 is 12.0 Å². The lowest BCUT2D eigenvalue weighted by molar-refractivity contribution is -0.122. The van der Waals surface area contributed by atoms with E-state index in [1.807, 2.05) is 11.5 Å². The number of hydrogen-bond donors (Lipinski definition) is 2. The minimum atomic E-state index is -1.13. The zero-order valence-electron chi connectivity index (χ0n) is 18.8. The lowest BCUT2D eigenvalue weighted by Gasteiger charge is -2.27. The summed E-state index contributed by atoms with van der Waals surface area (Å²) in [5, 5.41) is 11.5. The third-order valence-corrected chi connectivity index (χ3v) is 6.52. The number of urea groups is 1. The standard InChI is InChI=1S/C25H19BrClN3O5/c1-12-8-16(26)4-7-21(12)30-23(32)19(22(31)28-25(30)35)10-15-9-13(2)29(14(15)3)17-5-6-18(24(33)34)20(27)11-17/h4-11H,1-3H3,(H,33,34)(H,28,31,35)/b19-10+. The van der Waals surface area contributed by atoms with Crippen molar-refractivity contribution in [2.24, 2.45) is 0 Å². The molecule has 0 radical (unpaired) electrons. The molecule has 1 fully saturated rings. The van der Waals surface area contributed by atoms with Gasteiger partial charge in [-0.1, -0.05) is 27.5 Å². The summed E-state index contributed by atoms with van der Waals surface area (Å²) in [5.74, 6) is -2.65. The number of barbiturate groups is 1. The summed E-state index contributed by atoms with van der Waals surface area (Å²) >= 11 is 9.50. The van der Waals surface area contributed by atoms with Crippen molar-refractivity contribution in [2.75, 3.05) is 4.90 Å². The molecule has 0 saturated carbocycles. The van der Waals surface area contributed by atoms with E-state index in [0.29, 0.717) is 28.2 Å². The summed E-state index contributed by atoms with van der Waals surface area (Å²) in [4.78, 5) is 50.7. The number of aryl methyl sites for hydroxylation is 2. The van der Waals surface area contributed by atoms with Gasteiger partial charge in [-0.2, -0.15) is 0 Å². The predicted molar refractivity (Wildman–Crippen MR) is 135 cm³/mol. The average molecular weight is 557 g/mol. The summed E-state index contributed by atoms with van der Waals surface area (Å²) in [5.41, 5.74) is 3.52. The Bertz CT molecular complexity index is 1470. The quantitative estimate of drug-likeness (QED) is 0.340. The van der Waals surface area contributed by atoms with Crippen molar-refractivity contribution in [1.82, 2.24) is 9.88 Å². The number of carbonyl (C=O) groups excluding carboxylic acids is 3. The highest BCUT2D eigenvalue weighted by Crippen LogP contribution is 2.30. The highest BCUT2D eigenvalue weighted by Gasteiger charge is 2.37. The molecule has 0 spiro atoms. The van der Waals surface area contributed by atoms with Gasteiger partial charge in [0.15, 0.2) is 0 Å². The molecule has 1 saturated heterocycles. The number of carboxylic acid groups (broad SMARTS) is 1. The number of hydrogen-bond acceptors (Lipinski definition) is 4. The van der Waals surface area contributed by atoms with Crippen molar-refractivity contribution in [2.45, 2.75) is 20.8 Å². The number of aromatic carboxylic acids is 1. The molecule has 0 bridgehead atoms. The summed E-state index contributed by atoms with van der Waals surface area (Å²) in [7, 11) is 0. The molecular weight excluding hydrogens is 538 g/mol. The lowest BCUT2D eigenvalue weighted by atomic mass is 10.1. The molecule has 0 aliphatic carbocycles. The molecule has 10 heteroatoms. The molecule has 3 aromatic rings. The van der Waals surface area contributed by atoms with E-state index in [1.165, 1.54) is 18.2 Å². The molecule has 0 atom stereocenters. The van der Waals surface area contributed by atoms with Gasteiger partial charge in [-0.15, -0.1) is 0 Å². The van der Waals surface area contributed by atoms with Crippen LogP contribution in [0, 0.1) is 20.8 Å². The van der Waals surface area contributed by atoms with Gasteiger partial charge in [0, 0.05) is 21.5 Å². The van der Waals surface area contributed by atoms with Gasteiger partial charge in [-0.05, 0) is 80.4 Å². The first-order valence-electron chi connectivity index (χ1n) is 10.4. The first kappa shape index (κ1) is 24.4. The largest absolute Gasteiger partial charge is 0.478 e. The summed E-state index contributed by atoms with van der Waals surface area (Å²) < 4.78 is 2.62. The Labute approximate surface area is 213 Å². The van der Waals surface area contributed by atoms with Gasteiger partial charge < -0.3 is 9.67 Å². The van der Waals surface area contributed by atoms with Gasteiger partial charge in [0.1, 0.15) is 5.57 Å². The number of nitrogens with one attached hydrogen (secondary N) is 1. The van der Waals surface area contributed by atoms with E-state index in [4.69, 9.17) is 11.6 Å². The van der Waals surface area contributed by atoms with E-state index in [0.717, 1.165) is 15.1 Å². The van der Waals surface area contributed by atoms with E-state index in [-0.39, 0.29) is 16.2 Å². The molecule has 2 aromatic carbocycles. The second-order valence-electron chi connectivity index (χ2n) is 8.02. The zero-order valence-corrected chi connectivity index (χ0v) is 21.2. The van der Waals surface area contributed by atoms with Crippen LogP contribution in [0.15, 0.2) is 52.5 Å². The maximum absolute atomic E-state index is 13.3. The topological polar surface area (TPSA) is 109 Å². The molecule has 2 N–H and O–H groups in total. The predicted octanol–water partition coefficient (Wildman–Crippen LogP) is 5.18. The Kier molecular flexibility index (Phi) is 6.40. The number of imide groups is 2. The molecule has 0 unspecified atom stereocenters. The molecule has 2 heterocycles. The van der Waals surface area contributed by atoms with Crippen LogP contribution < -0.4 is 10.2 Å². The summed E-state index contributed by atoms with van der Waals surface area (Å²) in [6.07, 6.45) is 1.44. The fourth-order valence-corrected chi connectivity index (χ4v) is 4.78. The van der Waals surface area contributed by atoms with Crippen LogP contribution in [0.3, 0.4) is 0 Å². The minimum Gasteiger partial charge on any atom is -0.478 e. The maximum Gasteiger partial charge on any atom is 0.337 e. The van der Waals surface area contributed by atoms with Crippen LogP contribution in [0.2, 0.25) is 5.02 Å². The van der Waals surface area contributed by atoms with Gasteiger partial charge in [-0.25, -0.2) is 14.5 Å². The van der Waals surface area contributed by atoms with E-state index >= 15 is 0 Å². The SMILES string of the molecule is Cc1cc(Br)ccc1N1C(=O)NC(=O)/C(=C\c2cc(C)n(-c3ccc(C(=O)O)c(Cl)c3)c2C)C1=O. The number of aromatic nitrogens is 1. The highest BCUT2D eigenvalue weighted by molar-refractivity contribution is 9.10. The lowest BCUT2D eigenvalue weighted by Crippen LogP contribution is -2.54.